The molecule has 1 aromatic heterocycles. The number of H-pyrrole nitrogens is 1. The zero-order valence-electron chi connectivity index (χ0n) is 13.7. The molecule has 0 unspecified atom stereocenters. The van der Waals surface area contributed by atoms with Gasteiger partial charge in [0.25, 0.3) is 0 Å². The first kappa shape index (κ1) is 14.6. The molecule has 1 aliphatic heterocycles. The molecule has 4 aromatic rings. The standard InChI is InChI=1S/C22H18N2S/c1-2-10-19(11-3-1)25(22-23-14-15-24-22)20-12-6-4-8-17(20)16-18-9-5-7-13-21(18)25/h1-15H,16H2,(H,23,24). The molecule has 122 valence electrons. The fourth-order valence-electron chi connectivity index (χ4n) is 3.84. The average molecular weight is 342 g/mol. The van der Waals surface area contributed by atoms with Crippen molar-refractivity contribution in [2.45, 2.75) is 26.3 Å². The van der Waals surface area contributed by atoms with E-state index in [9.17, 15) is 0 Å². The van der Waals surface area contributed by atoms with Crippen molar-refractivity contribution in [1.29, 1.82) is 0 Å². The van der Waals surface area contributed by atoms with E-state index in [0.29, 0.717) is 0 Å². The number of aromatic amines is 1. The van der Waals surface area contributed by atoms with Crippen molar-refractivity contribution in [2.75, 3.05) is 0 Å². The lowest BCUT2D eigenvalue weighted by Crippen LogP contribution is -2.15. The lowest BCUT2D eigenvalue weighted by Gasteiger charge is -2.44. The summed E-state index contributed by atoms with van der Waals surface area (Å²) in [6, 6.07) is 28.5. The largest absolute Gasteiger partial charge is 0.340 e. The maximum atomic E-state index is 4.77. The minimum Gasteiger partial charge on any atom is -0.340 e. The van der Waals surface area contributed by atoms with Crippen LogP contribution in [-0.4, -0.2) is 9.97 Å². The van der Waals surface area contributed by atoms with Crippen LogP contribution in [0.4, 0.5) is 0 Å². The highest BCUT2D eigenvalue weighted by Gasteiger charge is 2.40. The van der Waals surface area contributed by atoms with Crippen LogP contribution in [0.1, 0.15) is 11.1 Å². The number of imidazole rings is 1. The zero-order chi connectivity index (χ0) is 16.7. The number of hydrogen-bond donors (Lipinski definition) is 1. The van der Waals surface area contributed by atoms with Gasteiger partial charge in [-0.3, -0.25) is 0 Å². The highest BCUT2D eigenvalue weighted by Crippen LogP contribution is 2.75. The van der Waals surface area contributed by atoms with E-state index in [4.69, 9.17) is 4.98 Å². The van der Waals surface area contributed by atoms with Crippen LogP contribution in [0.2, 0.25) is 0 Å². The molecule has 0 saturated heterocycles. The van der Waals surface area contributed by atoms with Crippen LogP contribution >= 0.6 is 10.0 Å². The molecule has 1 aliphatic rings. The first-order valence-corrected chi connectivity index (χ1v) is 10.1. The minimum absolute atomic E-state index is 0.981. The summed E-state index contributed by atoms with van der Waals surface area (Å²) < 4.78 is 0. The van der Waals surface area contributed by atoms with E-state index in [1.807, 2.05) is 12.4 Å². The molecule has 0 atom stereocenters. The molecule has 0 saturated carbocycles. The third-order valence-corrected chi connectivity index (χ3v) is 8.74. The predicted octanol–water partition coefficient (Wildman–Crippen LogP) is 5.65. The molecule has 0 bridgehead atoms. The molecule has 3 aromatic carbocycles. The fraction of sp³-hybridized carbons (Fsp3) is 0.0455. The monoisotopic (exact) mass is 342 g/mol. The van der Waals surface area contributed by atoms with Crippen molar-refractivity contribution < 1.29 is 0 Å². The topological polar surface area (TPSA) is 28.7 Å². The first-order chi connectivity index (χ1) is 12.4. The Bertz CT molecular complexity index is 977. The molecule has 2 heterocycles. The smallest absolute Gasteiger partial charge is 0.160 e. The Morgan fingerprint density at radius 1 is 0.720 bits per heavy atom. The van der Waals surface area contributed by atoms with Crippen molar-refractivity contribution >= 4 is 10.0 Å². The molecular formula is C22H18N2S. The van der Waals surface area contributed by atoms with Gasteiger partial charge in [0.05, 0.1) is 0 Å². The Hall–Kier alpha value is -2.78. The summed E-state index contributed by atoms with van der Waals surface area (Å²) in [6.07, 6.45) is 4.79. The van der Waals surface area contributed by atoms with Crippen molar-refractivity contribution in [3.8, 4) is 0 Å². The van der Waals surface area contributed by atoms with Gasteiger partial charge in [0.15, 0.2) is 5.16 Å². The van der Waals surface area contributed by atoms with E-state index < -0.39 is 10.0 Å². The second-order valence-corrected chi connectivity index (χ2v) is 9.17. The highest BCUT2D eigenvalue weighted by atomic mass is 32.3. The maximum absolute atomic E-state index is 4.77. The van der Waals surface area contributed by atoms with Crippen LogP contribution in [0.25, 0.3) is 0 Å². The number of nitrogens with one attached hydrogen (secondary N) is 1. The number of benzene rings is 3. The Morgan fingerprint density at radius 2 is 1.32 bits per heavy atom. The van der Waals surface area contributed by atoms with E-state index in [1.54, 1.807) is 0 Å². The Kier molecular flexibility index (Phi) is 3.28. The molecule has 0 radical (unpaired) electrons. The molecule has 0 fully saturated rings. The molecule has 2 nitrogen and oxygen atoms in total. The summed E-state index contributed by atoms with van der Waals surface area (Å²) in [5.74, 6) is 0. The van der Waals surface area contributed by atoms with Crippen molar-refractivity contribution in [3.05, 3.63) is 102 Å². The van der Waals surface area contributed by atoms with Crippen LogP contribution in [0, 0.1) is 0 Å². The van der Waals surface area contributed by atoms with Gasteiger partial charge in [-0.15, -0.1) is 0 Å². The second kappa shape index (κ2) is 5.64. The molecule has 0 spiro atoms. The number of fused-ring (bicyclic) bond motifs is 2. The fourth-order valence-corrected chi connectivity index (χ4v) is 7.88. The third kappa shape index (κ3) is 2.02. The number of rotatable bonds is 2. The van der Waals surface area contributed by atoms with Crippen LogP contribution in [-0.2, 0) is 6.42 Å². The predicted molar refractivity (Wildman–Crippen MR) is 101 cm³/mol. The first-order valence-electron chi connectivity index (χ1n) is 8.44. The van der Waals surface area contributed by atoms with E-state index in [1.165, 1.54) is 25.8 Å². The van der Waals surface area contributed by atoms with Crippen molar-refractivity contribution in [3.63, 3.8) is 0 Å². The average Bonchev–Trinajstić information content (AvgIpc) is 3.22. The van der Waals surface area contributed by atoms with Gasteiger partial charge in [0, 0.05) is 27.1 Å². The Labute approximate surface area is 148 Å². The molecular weight excluding hydrogens is 324 g/mol. The van der Waals surface area contributed by atoms with Crippen molar-refractivity contribution in [2.24, 2.45) is 0 Å². The third-order valence-electron chi connectivity index (χ3n) is 4.85. The summed E-state index contributed by atoms with van der Waals surface area (Å²) >= 11 is 0. The SMILES string of the molecule is c1ccc(S2(c3ncc[nH]3)c3ccccc3Cc3ccccc32)cc1. The normalized spacial score (nSPS) is 15.8. The summed E-state index contributed by atoms with van der Waals surface area (Å²) in [7, 11) is -1.60. The molecule has 0 aliphatic carbocycles. The van der Waals surface area contributed by atoms with Crippen LogP contribution < -0.4 is 0 Å². The summed E-state index contributed by atoms with van der Waals surface area (Å²) in [5, 5.41) is 1.05. The summed E-state index contributed by atoms with van der Waals surface area (Å²) in [5.41, 5.74) is 2.80. The maximum Gasteiger partial charge on any atom is 0.160 e. The van der Waals surface area contributed by atoms with Gasteiger partial charge in [-0.05, 0) is 41.8 Å². The van der Waals surface area contributed by atoms with E-state index in [-0.39, 0.29) is 0 Å². The van der Waals surface area contributed by atoms with Crippen LogP contribution in [0.3, 0.4) is 0 Å². The Balaban J connectivity index is 1.97. The molecule has 1 N–H and O–H groups in total. The molecule has 25 heavy (non-hydrogen) atoms. The molecule has 3 heteroatoms. The zero-order valence-corrected chi connectivity index (χ0v) is 14.5. The minimum atomic E-state index is -1.60. The second-order valence-electron chi connectivity index (χ2n) is 6.21. The number of aromatic nitrogens is 2. The van der Waals surface area contributed by atoms with Gasteiger partial charge in [0.2, 0.25) is 0 Å². The van der Waals surface area contributed by atoms with Gasteiger partial charge in [-0.2, -0.15) is 0 Å². The van der Waals surface area contributed by atoms with Crippen LogP contribution in [0.5, 0.6) is 0 Å². The van der Waals surface area contributed by atoms with Gasteiger partial charge in [-0.25, -0.2) is 4.98 Å². The summed E-state index contributed by atoms with van der Waals surface area (Å²) in [4.78, 5) is 12.3. The van der Waals surface area contributed by atoms with Gasteiger partial charge in [-0.1, -0.05) is 64.6 Å². The highest BCUT2D eigenvalue weighted by molar-refractivity contribution is 8.33. The lowest BCUT2D eigenvalue weighted by atomic mass is 10.0. The molecule has 0 amide bonds. The molecule has 5 rings (SSSR count). The quantitative estimate of drug-likeness (QED) is 0.441. The van der Waals surface area contributed by atoms with Crippen LogP contribution in [0.15, 0.2) is 111 Å². The van der Waals surface area contributed by atoms with Gasteiger partial charge >= 0.3 is 0 Å². The lowest BCUT2D eigenvalue weighted by molar-refractivity contribution is 0.967. The van der Waals surface area contributed by atoms with Gasteiger partial charge < -0.3 is 4.98 Å². The van der Waals surface area contributed by atoms with E-state index >= 15 is 0 Å². The van der Waals surface area contributed by atoms with Crippen molar-refractivity contribution in [1.82, 2.24) is 9.97 Å². The summed E-state index contributed by atoms with van der Waals surface area (Å²) in [6.45, 7) is 0. The van der Waals surface area contributed by atoms with E-state index in [0.717, 1.165) is 11.6 Å². The number of nitrogens with zero attached hydrogens (tertiary/aromatic N) is 1. The van der Waals surface area contributed by atoms with Gasteiger partial charge in [0.1, 0.15) is 0 Å². The van der Waals surface area contributed by atoms with E-state index in [2.05, 4.69) is 83.8 Å². The Morgan fingerprint density at radius 3 is 1.92 bits per heavy atom. The number of hydrogen-bond acceptors (Lipinski definition) is 1.